The highest BCUT2D eigenvalue weighted by Gasteiger charge is 2.30. The quantitative estimate of drug-likeness (QED) is 0.878. The second-order valence-electron chi connectivity index (χ2n) is 6.54. The number of carbonyl (C=O) groups is 1. The number of benzene rings is 2. The summed E-state index contributed by atoms with van der Waals surface area (Å²) in [5.74, 6) is -0.234. The van der Waals surface area contributed by atoms with Crippen molar-refractivity contribution >= 4 is 22.9 Å². The third kappa shape index (κ3) is 3.05. The fraction of sp³-hybridized carbons (Fsp3) is 0.182. The first-order valence-corrected chi connectivity index (χ1v) is 8.68. The number of aliphatic imine (C=N–C) groups is 1. The molecule has 25 heavy (non-hydrogen) atoms. The number of fused-ring (bicyclic) bond motifs is 3. The molecule has 1 unspecified atom stereocenters. The Morgan fingerprint density at radius 1 is 1.04 bits per heavy atom. The molecule has 4 rings (SSSR count). The van der Waals surface area contributed by atoms with E-state index in [4.69, 9.17) is 10.7 Å². The molecule has 1 atom stereocenters. The number of hydrogen-bond acceptors (Lipinski definition) is 2. The number of allylic oxidation sites excluding steroid dienone is 2. The van der Waals surface area contributed by atoms with Crippen LogP contribution in [-0.4, -0.2) is 11.6 Å². The van der Waals surface area contributed by atoms with Crippen molar-refractivity contribution in [3.8, 4) is 0 Å². The Hall–Kier alpha value is -2.94. The number of para-hydroxylation sites is 1. The Balaban J connectivity index is 1.57. The normalized spacial score (nSPS) is 17.9. The van der Waals surface area contributed by atoms with Gasteiger partial charge >= 0.3 is 0 Å². The first-order valence-electron chi connectivity index (χ1n) is 8.68. The highest BCUT2D eigenvalue weighted by Crippen LogP contribution is 2.41. The molecule has 0 saturated heterocycles. The highest BCUT2D eigenvalue weighted by atomic mass is 16.1. The van der Waals surface area contributed by atoms with Crippen molar-refractivity contribution in [1.29, 1.82) is 0 Å². The number of nitrogens with two attached hydrogens (primary N) is 1. The molecule has 3 heteroatoms. The van der Waals surface area contributed by atoms with Gasteiger partial charge in [-0.2, -0.15) is 0 Å². The van der Waals surface area contributed by atoms with Gasteiger partial charge in [0.2, 0.25) is 5.91 Å². The maximum absolute atomic E-state index is 11.8. The van der Waals surface area contributed by atoms with E-state index in [9.17, 15) is 4.79 Å². The maximum atomic E-state index is 11.8. The lowest BCUT2D eigenvalue weighted by Gasteiger charge is -2.20. The van der Waals surface area contributed by atoms with Gasteiger partial charge in [-0.25, -0.2) is 0 Å². The molecule has 124 valence electrons. The van der Waals surface area contributed by atoms with Crippen LogP contribution in [0, 0.1) is 5.92 Å². The molecule has 1 amide bonds. The van der Waals surface area contributed by atoms with E-state index in [1.807, 2.05) is 36.4 Å². The SMILES string of the molecule is NC(=O)C1=CC(CCCc2ccccc2)C2=Nc3ccccc3C2=C1. The van der Waals surface area contributed by atoms with Crippen LogP contribution in [0.3, 0.4) is 0 Å². The first-order chi connectivity index (χ1) is 12.2. The van der Waals surface area contributed by atoms with Gasteiger partial charge in [0, 0.05) is 22.6 Å². The second-order valence-corrected chi connectivity index (χ2v) is 6.54. The fourth-order valence-corrected chi connectivity index (χ4v) is 3.60. The van der Waals surface area contributed by atoms with Gasteiger partial charge in [0.15, 0.2) is 0 Å². The summed E-state index contributed by atoms with van der Waals surface area (Å²) in [5, 5.41) is 0. The zero-order chi connectivity index (χ0) is 17.2. The molecule has 0 radical (unpaired) electrons. The van der Waals surface area contributed by atoms with Gasteiger partial charge in [0.1, 0.15) is 0 Å². The minimum absolute atomic E-state index is 0.138. The molecule has 1 aliphatic carbocycles. The molecular weight excluding hydrogens is 308 g/mol. The average Bonchev–Trinajstić information content (AvgIpc) is 3.01. The summed E-state index contributed by atoms with van der Waals surface area (Å²) >= 11 is 0. The molecule has 0 bridgehead atoms. The van der Waals surface area contributed by atoms with Crippen molar-refractivity contribution < 1.29 is 4.79 Å². The van der Waals surface area contributed by atoms with Crippen LogP contribution in [0.4, 0.5) is 5.69 Å². The van der Waals surface area contributed by atoms with E-state index in [0.717, 1.165) is 41.8 Å². The van der Waals surface area contributed by atoms with Gasteiger partial charge in [0.25, 0.3) is 0 Å². The standard InChI is InChI=1S/C22H20N2O/c23-22(25)17-13-16(10-6-9-15-7-2-1-3-8-15)21-19(14-17)18-11-4-5-12-20(18)24-21/h1-5,7-8,11-14,16H,6,9-10H2,(H2,23,25). The number of amides is 1. The van der Waals surface area contributed by atoms with Crippen molar-refractivity contribution in [3.63, 3.8) is 0 Å². The summed E-state index contributed by atoms with van der Waals surface area (Å²) < 4.78 is 0. The summed E-state index contributed by atoms with van der Waals surface area (Å²) in [6, 6.07) is 18.6. The molecule has 2 aromatic carbocycles. The number of primary amides is 1. The van der Waals surface area contributed by atoms with Crippen LogP contribution in [-0.2, 0) is 11.2 Å². The third-order valence-electron chi connectivity index (χ3n) is 4.85. The third-order valence-corrected chi connectivity index (χ3v) is 4.85. The maximum Gasteiger partial charge on any atom is 0.248 e. The Bertz CT molecular complexity index is 907. The van der Waals surface area contributed by atoms with Gasteiger partial charge in [-0.3, -0.25) is 9.79 Å². The van der Waals surface area contributed by atoms with Crippen LogP contribution in [0.25, 0.3) is 5.57 Å². The van der Waals surface area contributed by atoms with E-state index < -0.39 is 0 Å². The first kappa shape index (κ1) is 15.6. The highest BCUT2D eigenvalue weighted by molar-refractivity contribution is 6.32. The van der Waals surface area contributed by atoms with Crippen LogP contribution in [0.15, 0.2) is 77.3 Å². The Morgan fingerprint density at radius 3 is 2.60 bits per heavy atom. The Kier molecular flexibility index (Phi) is 4.06. The molecule has 3 nitrogen and oxygen atoms in total. The van der Waals surface area contributed by atoms with Crippen LogP contribution < -0.4 is 5.73 Å². The van der Waals surface area contributed by atoms with E-state index in [2.05, 4.69) is 30.3 Å². The van der Waals surface area contributed by atoms with E-state index >= 15 is 0 Å². The Labute approximate surface area is 147 Å². The van der Waals surface area contributed by atoms with Crippen LogP contribution >= 0.6 is 0 Å². The molecular formula is C22H20N2O. The summed E-state index contributed by atoms with van der Waals surface area (Å²) in [6.07, 6.45) is 6.90. The molecule has 1 heterocycles. The van der Waals surface area contributed by atoms with Gasteiger partial charge in [0.05, 0.1) is 11.4 Å². The lowest BCUT2D eigenvalue weighted by molar-refractivity contribution is -0.114. The van der Waals surface area contributed by atoms with Crippen molar-refractivity contribution in [3.05, 3.63) is 83.4 Å². The minimum Gasteiger partial charge on any atom is -0.366 e. The molecule has 0 spiro atoms. The number of carbonyl (C=O) groups excluding carboxylic acids is 1. The fourth-order valence-electron chi connectivity index (χ4n) is 3.60. The molecule has 2 aliphatic rings. The van der Waals surface area contributed by atoms with Gasteiger partial charge < -0.3 is 5.73 Å². The van der Waals surface area contributed by atoms with Gasteiger partial charge in [-0.1, -0.05) is 54.6 Å². The molecule has 2 N–H and O–H groups in total. The number of nitrogens with zero attached hydrogens (tertiary/aromatic N) is 1. The van der Waals surface area contributed by atoms with E-state index in [0.29, 0.717) is 5.57 Å². The van der Waals surface area contributed by atoms with Crippen molar-refractivity contribution in [2.24, 2.45) is 16.6 Å². The predicted molar refractivity (Wildman–Crippen MR) is 102 cm³/mol. The van der Waals surface area contributed by atoms with E-state index in [-0.39, 0.29) is 11.8 Å². The van der Waals surface area contributed by atoms with E-state index in [1.54, 1.807) is 0 Å². The van der Waals surface area contributed by atoms with Crippen LogP contribution in [0.1, 0.15) is 24.0 Å². The molecule has 0 aromatic heterocycles. The molecule has 2 aromatic rings. The zero-order valence-corrected chi connectivity index (χ0v) is 14.0. The summed E-state index contributed by atoms with van der Waals surface area (Å²) in [4.78, 5) is 16.6. The zero-order valence-electron chi connectivity index (χ0n) is 14.0. The van der Waals surface area contributed by atoms with Crippen molar-refractivity contribution in [2.75, 3.05) is 0 Å². The molecule has 1 aliphatic heterocycles. The van der Waals surface area contributed by atoms with Crippen LogP contribution in [0.2, 0.25) is 0 Å². The summed E-state index contributed by atoms with van der Waals surface area (Å²) in [7, 11) is 0. The predicted octanol–water partition coefficient (Wildman–Crippen LogP) is 4.22. The second kappa shape index (κ2) is 6.52. The average molecular weight is 328 g/mol. The van der Waals surface area contributed by atoms with Crippen molar-refractivity contribution in [1.82, 2.24) is 0 Å². The van der Waals surface area contributed by atoms with Gasteiger partial charge in [-0.15, -0.1) is 0 Å². The van der Waals surface area contributed by atoms with Crippen LogP contribution in [0.5, 0.6) is 0 Å². The molecule has 0 fully saturated rings. The lowest BCUT2D eigenvalue weighted by Crippen LogP contribution is -2.22. The smallest absolute Gasteiger partial charge is 0.248 e. The summed E-state index contributed by atoms with van der Waals surface area (Å²) in [6.45, 7) is 0. The number of aryl methyl sites for hydroxylation is 1. The number of rotatable bonds is 5. The van der Waals surface area contributed by atoms with Crippen molar-refractivity contribution in [2.45, 2.75) is 19.3 Å². The lowest BCUT2D eigenvalue weighted by atomic mass is 9.83. The largest absolute Gasteiger partial charge is 0.366 e. The minimum atomic E-state index is -0.371. The Morgan fingerprint density at radius 2 is 1.80 bits per heavy atom. The topological polar surface area (TPSA) is 55.5 Å². The number of hydrogen-bond donors (Lipinski definition) is 1. The van der Waals surface area contributed by atoms with E-state index in [1.165, 1.54) is 5.56 Å². The molecule has 0 saturated carbocycles. The summed E-state index contributed by atoms with van der Waals surface area (Å²) in [5.41, 5.74) is 11.7. The monoisotopic (exact) mass is 328 g/mol. The van der Waals surface area contributed by atoms with Gasteiger partial charge in [-0.05, 0) is 37.0 Å².